The molecule has 33 heavy (non-hydrogen) atoms. The van der Waals surface area contributed by atoms with Crippen LogP contribution in [0.4, 0.5) is 0 Å². The fraction of sp³-hybridized carbons (Fsp3) is 0.654. The van der Waals surface area contributed by atoms with Crippen molar-refractivity contribution in [3.05, 3.63) is 35.1 Å². The highest BCUT2D eigenvalue weighted by atomic mass is 16.7. The third-order valence-corrected chi connectivity index (χ3v) is 6.42. The van der Waals surface area contributed by atoms with E-state index in [0.29, 0.717) is 30.4 Å². The number of carbonyl (C=O) groups is 1. The van der Waals surface area contributed by atoms with Crippen LogP contribution in [-0.2, 0) is 20.7 Å². The number of esters is 1. The van der Waals surface area contributed by atoms with Gasteiger partial charge in [0.1, 0.15) is 5.76 Å². The van der Waals surface area contributed by atoms with Crippen molar-refractivity contribution < 1.29 is 28.8 Å². The van der Waals surface area contributed by atoms with Gasteiger partial charge in [0.05, 0.1) is 7.11 Å². The van der Waals surface area contributed by atoms with E-state index in [1.54, 1.807) is 7.11 Å². The number of aliphatic hydroxyl groups excluding tert-OH is 1. The van der Waals surface area contributed by atoms with Crippen LogP contribution in [0.25, 0.3) is 0 Å². The molecule has 0 bridgehead atoms. The van der Waals surface area contributed by atoms with Crippen molar-refractivity contribution >= 4 is 5.97 Å². The number of hydrogen-bond acceptors (Lipinski definition) is 7. The molecule has 1 aromatic rings. The molecule has 0 aliphatic carbocycles. The summed E-state index contributed by atoms with van der Waals surface area (Å²) in [5, 5.41) is 10.5. The first-order valence-electron chi connectivity index (χ1n) is 12.1. The molecule has 1 aromatic carbocycles. The van der Waals surface area contributed by atoms with E-state index >= 15 is 0 Å². The van der Waals surface area contributed by atoms with Gasteiger partial charge in [0.15, 0.2) is 23.7 Å². The molecule has 0 amide bonds. The summed E-state index contributed by atoms with van der Waals surface area (Å²) in [5.41, 5.74) is 2.24. The van der Waals surface area contributed by atoms with E-state index in [4.69, 9.17) is 18.9 Å². The number of aliphatic hydroxyl groups is 1. The Labute approximate surface area is 197 Å². The van der Waals surface area contributed by atoms with Crippen molar-refractivity contribution in [3.8, 4) is 11.5 Å². The second-order valence-corrected chi connectivity index (χ2v) is 9.30. The van der Waals surface area contributed by atoms with Gasteiger partial charge in [0, 0.05) is 19.0 Å². The lowest BCUT2D eigenvalue weighted by Gasteiger charge is -2.32. The second-order valence-electron chi connectivity index (χ2n) is 9.30. The topological polar surface area (TPSA) is 77.5 Å². The van der Waals surface area contributed by atoms with Crippen LogP contribution >= 0.6 is 0 Å². The minimum Gasteiger partial charge on any atom is -0.497 e. The van der Waals surface area contributed by atoms with E-state index < -0.39 is 18.2 Å². The van der Waals surface area contributed by atoms with Gasteiger partial charge in [-0.15, -0.1) is 0 Å². The fourth-order valence-corrected chi connectivity index (χ4v) is 4.64. The summed E-state index contributed by atoms with van der Waals surface area (Å²) < 4.78 is 23.0. The summed E-state index contributed by atoms with van der Waals surface area (Å²) in [4.78, 5) is 15.3. The SMILES string of the molecule is C/C=C(/OC)C(OC(=O)C(O)CCC(C)C)C1CN(CCC)CCc2cc3c(cc21)OCO3. The van der Waals surface area contributed by atoms with Gasteiger partial charge >= 0.3 is 5.97 Å². The van der Waals surface area contributed by atoms with Gasteiger partial charge in [-0.3, -0.25) is 0 Å². The predicted octanol–water partition coefficient (Wildman–Crippen LogP) is 4.03. The van der Waals surface area contributed by atoms with E-state index in [1.165, 1.54) is 0 Å². The van der Waals surface area contributed by atoms with E-state index in [9.17, 15) is 9.90 Å². The molecule has 0 fully saturated rings. The Kier molecular flexibility index (Phi) is 9.03. The van der Waals surface area contributed by atoms with Gasteiger partial charge in [0.25, 0.3) is 0 Å². The van der Waals surface area contributed by atoms with E-state index in [1.807, 2.05) is 19.1 Å². The van der Waals surface area contributed by atoms with Crippen LogP contribution in [-0.4, -0.2) is 61.7 Å². The van der Waals surface area contributed by atoms with Gasteiger partial charge in [0.2, 0.25) is 6.79 Å². The van der Waals surface area contributed by atoms with Crippen molar-refractivity contribution in [3.63, 3.8) is 0 Å². The summed E-state index contributed by atoms with van der Waals surface area (Å²) in [6.07, 6.45) is 3.06. The Balaban J connectivity index is 1.96. The second kappa shape index (κ2) is 11.7. The molecule has 7 nitrogen and oxygen atoms in total. The molecular formula is C26H39NO6. The average molecular weight is 462 g/mol. The number of methoxy groups -OCH3 is 1. The molecule has 2 aliphatic rings. The standard InChI is InChI=1S/C26H39NO6/c1-6-11-27-12-10-18-13-23-24(32-16-31-23)14-19(18)20(15-27)25(22(7-2)30-5)33-26(29)21(28)9-8-17(3)4/h7,13-14,17,20-21,25,28H,6,8-12,15-16H2,1-5H3/b22-7+. The first kappa shape index (κ1) is 25.4. The van der Waals surface area contributed by atoms with Crippen LogP contribution in [0, 0.1) is 5.92 Å². The number of nitrogens with zero attached hydrogens (tertiary/aromatic N) is 1. The fourth-order valence-electron chi connectivity index (χ4n) is 4.64. The highest BCUT2D eigenvalue weighted by molar-refractivity contribution is 5.74. The molecule has 0 spiro atoms. The Bertz CT molecular complexity index is 836. The number of ether oxygens (including phenoxy) is 4. The van der Waals surface area contributed by atoms with Crippen molar-refractivity contribution in [2.24, 2.45) is 5.92 Å². The lowest BCUT2D eigenvalue weighted by Crippen LogP contribution is -2.39. The average Bonchev–Trinajstić information content (AvgIpc) is 3.18. The molecule has 2 heterocycles. The Morgan fingerprint density at radius 3 is 2.64 bits per heavy atom. The third kappa shape index (κ3) is 6.21. The molecule has 1 N–H and O–H groups in total. The van der Waals surface area contributed by atoms with Crippen molar-refractivity contribution in [1.29, 1.82) is 0 Å². The van der Waals surface area contributed by atoms with E-state index in [0.717, 1.165) is 49.2 Å². The van der Waals surface area contributed by atoms with E-state index in [2.05, 4.69) is 31.7 Å². The first-order valence-corrected chi connectivity index (χ1v) is 12.1. The van der Waals surface area contributed by atoms with Crippen molar-refractivity contribution in [2.75, 3.05) is 33.5 Å². The summed E-state index contributed by atoms with van der Waals surface area (Å²) in [5.74, 6) is 1.66. The zero-order valence-electron chi connectivity index (χ0n) is 20.6. The van der Waals surface area contributed by atoms with E-state index in [-0.39, 0.29) is 12.7 Å². The van der Waals surface area contributed by atoms with Gasteiger partial charge < -0.3 is 29.0 Å². The third-order valence-electron chi connectivity index (χ3n) is 6.42. The number of fused-ring (bicyclic) bond motifs is 2. The van der Waals surface area contributed by atoms with Gasteiger partial charge in [-0.2, -0.15) is 0 Å². The van der Waals surface area contributed by atoms with Crippen LogP contribution in [0.5, 0.6) is 11.5 Å². The monoisotopic (exact) mass is 461 g/mol. The largest absolute Gasteiger partial charge is 0.497 e. The van der Waals surface area contributed by atoms with Crippen molar-refractivity contribution in [1.82, 2.24) is 4.90 Å². The Hall–Kier alpha value is -2.25. The number of benzene rings is 1. The quantitative estimate of drug-likeness (QED) is 0.416. The lowest BCUT2D eigenvalue weighted by molar-refractivity contribution is -0.160. The minimum absolute atomic E-state index is 0.170. The highest BCUT2D eigenvalue weighted by Crippen LogP contribution is 2.41. The molecule has 0 aromatic heterocycles. The highest BCUT2D eigenvalue weighted by Gasteiger charge is 2.37. The van der Waals surface area contributed by atoms with Gasteiger partial charge in [-0.25, -0.2) is 4.79 Å². The molecule has 3 atom stereocenters. The van der Waals surface area contributed by atoms with Crippen LogP contribution < -0.4 is 9.47 Å². The maximum atomic E-state index is 12.9. The zero-order chi connectivity index (χ0) is 24.0. The lowest BCUT2D eigenvalue weighted by atomic mass is 9.87. The van der Waals surface area contributed by atoms with Crippen LogP contribution in [0.1, 0.15) is 64.0 Å². The molecular weight excluding hydrogens is 422 g/mol. The summed E-state index contributed by atoms with van der Waals surface area (Å²) in [7, 11) is 1.59. The maximum Gasteiger partial charge on any atom is 0.335 e. The number of rotatable bonds is 10. The van der Waals surface area contributed by atoms with Crippen LogP contribution in [0.3, 0.4) is 0 Å². The predicted molar refractivity (Wildman–Crippen MR) is 126 cm³/mol. The molecule has 3 rings (SSSR count). The molecule has 0 saturated carbocycles. The van der Waals surface area contributed by atoms with Crippen LogP contribution in [0.15, 0.2) is 24.0 Å². The normalized spacial score (nSPS) is 20.2. The molecule has 0 radical (unpaired) electrons. The zero-order valence-corrected chi connectivity index (χ0v) is 20.6. The molecule has 184 valence electrons. The Morgan fingerprint density at radius 2 is 2.00 bits per heavy atom. The number of allylic oxidation sites excluding steroid dienone is 1. The van der Waals surface area contributed by atoms with Crippen molar-refractivity contribution in [2.45, 2.75) is 71.5 Å². The maximum absolute atomic E-state index is 12.9. The molecule has 2 aliphatic heterocycles. The Morgan fingerprint density at radius 1 is 1.27 bits per heavy atom. The first-order chi connectivity index (χ1) is 15.9. The number of carbonyl (C=O) groups excluding carboxylic acids is 1. The summed E-state index contributed by atoms with van der Waals surface area (Å²) in [6.45, 7) is 11.0. The number of hydrogen-bond donors (Lipinski definition) is 1. The summed E-state index contributed by atoms with van der Waals surface area (Å²) >= 11 is 0. The summed E-state index contributed by atoms with van der Waals surface area (Å²) in [6, 6.07) is 4.08. The molecule has 7 heteroatoms. The molecule has 0 saturated heterocycles. The van der Waals surface area contributed by atoms with Gasteiger partial charge in [-0.05, 0) is 74.4 Å². The van der Waals surface area contributed by atoms with Crippen LogP contribution in [0.2, 0.25) is 0 Å². The smallest absolute Gasteiger partial charge is 0.335 e. The minimum atomic E-state index is -1.15. The molecule has 3 unspecified atom stereocenters. The van der Waals surface area contributed by atoms with Gasteiger partial charge in [-0.1, -0.05) is 20.8 Å².